The van der Waals surface area contributed by atoms with Crippen LogP contribution in [0.2, 0.25) is 0 Å². The van der Waals surface area contributed by atoms with E-state index in [2.05, 4.69) is 10.2 Å². The van der Waals surface area contributed by atoms with E-state index in [-0.39, 0.29) is 5.54 Å². The lowest BCUT2D eigenvalue weighted by Gasteiger charge is -2.28. The Morgan fingerprint density at radius 2 is 1.92 bits per heavy atom. The standard InChI is InChI=1S/C9H19N3/c10-9(1-2-9)3-6-12-7-4-11-5-8-12/h11H,1-8,10H2. The fourth-order valence-electron chi connectivity index (χ4n) is 1.73. The number of nitrogens with two attached hydrogens (primary N) is 1. The molecule has 0 atom stereocenters. The first-order valence-corrected chi connectivity index (χ1v) is 5.01. The van der Waals surface area contributed by atoms with E-state index in [4.69, 9.17) is 5.73 Å². The van der Waals surface area contributed by atoms with Gasteiger partial charge in [-0.1, -0.05) is 0 Å². The highest BCUT2D eigenvalue weighted by molar-refractivity contribution is 4.98. The van der Waals surface area contributed by atoms with Crippen LogP contribution in [-0.2, 0) is 0 Å². The minimum absolute atomic E-state index is 0.241. The number of nitrogens with one attached hydrogen (secondary N) is 1. The summed E-state index contributed by atoms with van der Waals surface area (Å²) in [5.41, 5.74) is 6.26. The Bertz CT molecular complexity index is 148. The third-order valence-electron chi connectivity index (χ3n) is 3.03. The average molecular weight is 169 g/mol. The van der Waals surface area contributed by atoms with Crippen LogP contribution in [0.15, 0.2) is 0 Å². The third kappa shape index (κ3) is 2.19. The second-order valence-electron chi connectivity index (χ2n) is 4.20. The maximum Gasteiger partial charge on any atom is 0.0167 e. The fraction of sp³-hybridized carbons (Fsp3) is 1.00. The predicted octanol–water partition coefficient (Wildman–Crippen LogP) is -0.227. The van der Waals surface area contributed by atoms with Crippen molar-refractivity contribution in [3.63, 3.8) is 0 Å². The molecular weight excluding hydrogens is 150 g/mol. The Balaban J connectivity index is 1.65. The van der Waals surface area contributed by atoms with Gasteiger partial charge < -0.3 is 16.0 Å². The van der Waals surface area contributed by atoms with E-state index in [1.54, 1.807) is 0 Å². The Kier molecular flexibility index (Phi) is 2.35. The van der Waals surface area contributed by atoms with Crippen molar-refractivity contribution in [2.24, 2.45) is 5.73 Å². The molecule has 2 aliphatic rings. The quantitative estimate of drug-likeness (QED) is 0.613. The topological polar surface area (TPSA) is 41.3 Å². The van der Waals surface area contributed by atoms with E-state index in [0.717, 1.165) is 13.1 Å². The highest BCUT2D eigenvalue weighted by Gasteiger charge is 2.37. The summed E-state index contributed by atoms with van der Waals surface area (Å²) in [6.45, 7) is 5.92. The molecule has 0 bridgehead atoms. The Morgan fingerprint density at radius 1 is 1.25 bits per heavy atom. The first-order chi connectivity index (χ1) is 5.79. The predicted molar refractivity (Wildman–Crippen MR) is 50.1 cm³/mol. The van der Waals surface area contributed by atoms with Gasteiger partial charge in [-0.15, -0.1) is 0 Å². The molecule has 1 saturated heterocycles. The molecule has 3 nitrogen and oxygen atoms in total. The fourth-order valence-corrected chi connectivity index (χ4v) is 1.73. The first kappa shape index (κ1) is 8.48. The lowest BCUT2D eigenvalue weighted by atomic mass is 10.2. The first-order valence-electron chi connectivity index (χ1n) is 5.01. The molecule has 1 heterocycles. The van der Waals surface area contributed by atoms with Gasteiger partial charge in [-0.2, -0.15) is 0 Å². The molecule has 2 rings (SSSR count). The summed E-state index contributed by atoms with van der Waals surface area (Å²) in [4.78, 5) is 2.52. The molecule has 0 spiro atoms. The van der Waals surface area contributed by atoms with Gasteiger partial charge in [-0.3, -0.25) is 0 Å². The lowest BCUT2D eigenvalue weighted by Crippen LogP contribution is -2.45. The number of rotatable bonds is 3. The second-order valence-corrected chi connectivity index (χ2v) is 4.20. The number of piperazine rings is 1. The van der Waals surface area contributed by atoms with Crippen molar-refractivity contribution >= 4 is 0 Å². The molecule has 2 fully saturated rings. The van der Waals surface area contributed by atoms with Gasteiger partial charge in [0.1, 0.15) is 0 Å². The van der Waals surface area contributed by atoms with Crippen LogP contribution in [0.1, 0.15) is 19.3 Å². The number of nitrogens with zero attached hydrogens (tertiary/aromatic N) is 1. The minimum atomic E-state index is 0.241. The summed E-state index contributed by atoms with van der Waals surface area (Å²) < 4.78 is 0. The van der Waals surface area contributed by atoms with Crippen LogP contribution >= 0.6 is 0 Å². The summed E-state index contributed by atoms with van der Waals surface area (Å²) >= 11 is 0. The summed E-state index contributed by atoms with van der Waals surface area (Å²) in [6.07, 6.45) is 3.70. The van der Waals surface area contributed by atoms with Crippen LogP contribution in [0.5, 0.6) is 0 Å². The van der Waals surface area contributed by atoms with Gasteiger partial charge in [0.25, 0.3) is 0 Å². The summed E-state index contributed by atoms with van der Waals surface area (Å²) in [7, 11) is 0. The molecule has 12 heavy (non-hydrogen) atoms. The highest BCUT2D eigenvalue weighted by atomic mass is 15.2. The number of hydrogen-bond acceptors (Lipinski definition) is 3. The zero-order valence-corrected chi connectivity index (χ0v) is 7.68. The summed E-state index contributed by atoms with van der Waals surface area (Å²) in [5, 5.41) is 3.35. The van der Waals surface area contributed by atoms with Gasteiger partial charge in [0.15, 0.2) is 0 Å². The molecule has 70 valence electrons. The van der Waals surface area contributed by atoms with Crippen LogP contribution in [0.3, 0.4) is 0 Å². The van der Waals surface area contributed by atoms with Crippen molar-refractivity contribution in [2.75, 3.05) is 32.7 Å². The van der Waals surface area contributed by atoms with E-state index >= 15 is 0 Å². The maximum atomic E-state index is 6.02. The minimum Gasteiger partial charge on any atom is -0.325 e. The van der Waals surface area contributed by atoms with Gasteiger partial charge in [0.2, 0.25) is 0 Å². The SMILES string of the molecule is NC1(CCN2CCNCC2)CC1. The van der Waals surface area contributed by atoms with E-state index in [9.17, 15) is 0 Å². The molecule has 1 aliphatic heterocycles. The van der Waals surface area contributed by atoms with E-state index < -0.39 is 0 Å². The van der Waals surface area contributed by atoms with Crippen LogP contribution < -0.4 is 11.1 Å². The largest absolute Gasteiger partial charge is 0.325 e. The zero-order chi connectivity index (χ0) is 8.44. The maximum absolute atomic E-state index is 6.02. The molecule has 3 N–H and O–H groups in total. The van der Waals surface area contributed by atoms with E-state index in [1.807, 2.05) is 0 Å². The monoisotopic (exact) mass is 169 g/mol. The molecule has 0 aromatic heterocycles. The van der Waals surface area contributed by atoms with Gasteiger partial charge in [0, 0.05) is 31.7 Å². The molecule has 1 saturated carbocycles. The number of hydrogen-bond donors (Lipinski definition) is 2. The van der Waals surface area contributed by atoms with E-state index in [1.165, 1.54) is 38.9 Å². The smallest absolute Gasteiger partial charge is 0.0167 e. The molecule has 3 heteroatoms. The van der Waals surface area contributed by atoms with Gasteiger partial charge in [-0.25, -0.2) is 0 Å². The van der Waals surface area contributed by atoms with Gasteiger partial charge in [-0.05, 0) is 25.8 Å². The van der Waals surface area contributed by atoms with Crippen molar-refractivity contribution in [1.82, 2.24) is 10.2 Å². The van der Waals surface area contributed by atoms with Crippen molar-refractivity contribution in [1.29, 1.82) is 0 Å². The van der Waals surface area contributed by atoms with Gasteiger partial charge >= 0.3 is 0 Å². The third-order valence-corrected chi connectivity index (χ3v) is 3.03. The zero-order valence-electron chi connectivity index (χ0n) is 7.68. The van der Waals surface area contributed by atoms with E-state index in [0.29, 0.717) is 0 Å². The molecule has 0 aromatic rings. The highest BCUT2D eigenvalue weighted by Crippen LogP contribution is 2.35. The van der Waals surface area contributed by atoms with Crippen molar-refractivity contribution in [3.05, 3.63) is 0 Å². The van der Waals surface area contributed by atoms with Crippen LogP contribution in [0.25, 0.3) is 0 Å². The summed E-state index contributed by atoms with van der Waals surface area (Å²) in [6, 6.07) is 0. The second kappa shape index (κ2) is 3.32. The lowest BCUT2D eigenvalue weighted by molar-refractivity contribution is 0.230. The molecule has 0 amide bonds. The summed E-state index contributed by atoms with van der Waals surface area (Å²) in [5.74, 6) is 0. The average Bonchev–Trinajstić information content (AvgIpc) is 2.84. The Morgan fingerprint density at radius 3 is 2.50 bits per heavy atom. The van der Waals surface area contributed by atoms with Crippen molar-refractivity contribution in [2.45, 2.75) is 24.8 Å². The van der Waals surface area contributed by atoms with Crippen LogP contribution in [0, 0.1) is 0 Å². The Hall–Kier alpha value is -0.120. The van der Waals surface area contributed by atoms with Gasteiger partial charge in [0.05, 0.1) is 0 Å². The molecule has 1 aliphatic carbocycles. The molecular formula is C9H19N3. The van der Waals surface area contributed by atoms with Crippen molar-refractivity contribution < 1.29 is 0 Å². The molecule has 0 radical (unpaired) electrons. The normalized spacial score (nSPS) is 28.8. The van der Waals surface area contributed by atoms with Crippen LogP contribution in [-0.4, -0.2) is 43.2 Å². The van der Waals surface area contributed by atoms with Crippen LogP contribution in [0.4, 0.5) is 0 Å². The molecule has 0 unspecified atom stereocenters. The Labute approximate surface area is 74.3 Å². The van der Waals surface area contributed by atoms with Crippen molar-refractivity contribution in [3.8, 4) is 0 Å². The molecule has 0 aromatic carbocycles.